The van der Waals surface area contributed by atoms with E-state index in [9.17, 15) is 18.9 Å². The summed E-state index contributed by atoms with van der Waals surface area (Å²) in [7, 11) is 0. The summed E-state index contributed by atoms with van der Waals surface area (Å²) in [6.07, 6.45) is 1.63. The smallest absolute Gasteiger partial charge is 0.477 e. The van der Waals surface area contributed by atoms with Gasteiger partial charge in [0.05, 0.1) is 15.6 Å². The fraction of sp³-hybridized carbons (Fsp3) is 0.111. The average Bonchev–Trinajstić information content (AvgIpc) is 2.61. The molecule has 0 saturated heterocycles. The highest BCUT2D eigenvalue weighted by atomic mass is 35.5. The van der Waals surface area contributed by atoms with E-state index in [1.807, 2.05) is 12.1 Å². The first-order chi connectivity index (χ1) is 12.4. The van der Waals surface area contributed by atoms with Gasteiger partial charge in [0.15, 0.2) is 0 Å². The number of pyridine rings is 1. The van der Waals surface area contributed by atoms with Crippen molar-refractivity contribution in [3.05, 3.63) is 79.6 Å². The second-order valence-corrected chi connectivity index (χ2v) is 6.91. The van der Waals surface area contributed by atoms with Crippen LogP contribution in [0, 0.1) is 0 Å². The van der Waals surface area contributed by atoms with E-state index in [-0.39, 0.29) is 16.8 Å². The zero-order valence-corrected chi connectivity index (χ0v) is 15.6. The number of hydrogen-bond donors (Lipinski definition) is 1. The van der Waals surface area contributed by atoms with Gasteiger partial charge in [-0.1, -0.05) is 41.4 Å². The minimum atomic E-state index is -1.33. The maximum absolute atomic E-state index is 12.5. The van der Waals surface area contributed by atoms with E-state index < -0.39 is 11.4 Å². The summed E-state index contributed by atoms with van der Waals surface area (Å²) in [5.74, 6) is -1.33. The summed E-state index contributed by atoms with van der Waals surface area (Å²) in [5.41, 5.74) is 1.12. The molecule has 0 aliphatic carbocycles. The third-order valence-electron chi connectivity index (χ3n) is 3.99. The lowest BCUT2D eigenvalue weighted by Gasteiger charge is -2.10. The Morgan fingerprint density at radius 3 is 2.65 bits per heavy atom. The van der Waals surface area contributed by atoms with Crippen molar-refractivity contribution in [1.29, 1.82) is 0 Å². The summed E-state index contributed by atoms with van der Waals surface area (Å²) >= 11 is 12.5. The molecule has 2 aromatic carbocycles. The molecule has 1 N–H and O–H groups in total. The Hall–Kier alpha value is -2.28. The molecule has 0 saturated carbocycles. The minimum Gasteiger partial charge on any atom is -0.477 e. The van der Waals surface area contributed by atoms with Gasteiger partial charge in [-0.25, -0.2) is 4.79 Å². The fourth-order valence-corrected chi connectivity index (χ4v) is 3.49. The molecule has 1 heterocycles. The van der Waals surface area contributed by atoms with Crippen LogP contribution in [0.25, 0.3) is 10.9 Å². The predicted molar refractivity (Wildman–Crippen MR) is 102 cm³/mol. The molecule has 0 spiro atoms. The van der Waals surface area contributed by atoms with Crippen molar-refractivity contribution >= 4 is 51.7 Å². The Morgan fingerprint density at radius 1 is 1.19 bits per heavy atom. The van der Waals surface area contributed by atoms with Crippen molar-refractivity contribution in [3.8, 4) is 0 Å². The van der Waals surface area contributed by atoms with Gasteiger partial charge in [-0.05, 0) is 35.7 Å². The van der Waals surface area contributed by atoms with E-state index in [1.54, 1.807) is 24.3 Å². The Bertz CT molecular complexity index is 1090. The molecule has 26 heavy (non-hydrogen) atoms. The quantitative estimate of drug-likeness (QED) is 0.647. The molecule has 0 radical (unpaired) electrons. The molecular formula is C18H12Cl2NO4S+. The van der Waals surface area contributed by atoms with Crippen LogP contribution in [0.4, 0.5) is 0 Å². The van der Waals surface area contributed by atoms with Crippen molar-refractivity contribution < 1.29 is 14.1 Å². The Kier molecular flexibility index (Phi) is 5.36. The van der Waals surface area contributed by atoms with Crippen molar-refractivity contribution in [2.45, 2.75) is 12.3 Å². The molecule has 0 aliphatic rings. The standard InChI is InChI=1S/C18H11Cl2NO4S/c19-14-3-1-2-11(16(14)20)6-10-4-5-15-12(7-10)17(22)13(18(23)24)8-21(15)9-26-25/h1-5,7-8H,6,9H2/p+1. The van der Waals surface area contributed by atoms with Crippen molar-refractivity contribution in [2.75, 3.05) is 0 Å². The van der Waals surface area contributed by atoms with Crippen LogP contribution in [0.15, 0.2) is 47.4 Å². The molecule has 0 atom stereocenters. The number of benzene rings is 2. The lowest BCUT2D eigenvalue weighted by molar-refractivity contribution is 0.0695. The molecular weight excluding hydrogens is 397 g/mol. The molecule has 0 amide bonds. The summed E-state index contributed by atoms with van der Waals surface area (Å²) in [4.78, 5) is 23.9. The average molecular weight is 409 g/mol. The third-order valence-corrected chi connectivity index (χ3v) is 5.23. The molecule has 3 rings (SSSR count). The van der Waals surface area contributed by atoms with Gasteiger partial charge in [0.25, 0.3) is 0 Å². The van der Waals surface area contributed by atoms with Crippen LogP contribution in [0.2, 0.25) is 10.0 Å². The first-order valence-corrected chi connectivity index (χ1v) is 9.16. The lowest BCUT2D eigenvalue weighted by atomic mass is 10.0. The SMILES string of the molecule is O=[S+]Cn1cc(C(=O)O)c(=O)c2cc(Cc3cccc(Cl)c3Cl)ccc21. The molecule has 0 unspecified atom stereocenters. The van der Waals surface area contributed by atoms with E-state index in [1.165, 1.54) is 10.8 Å². The van der Waals surface area contributed by atoms with E-state index in [0.717, 1.165) is 11.1 Å². The van der Waals surface area contributed by atoms with Crippen LogP contribution in [-0.4, -0.2) is 15.6 Å². The summed E-state index contributed by atoms with van der Waals surface area (Å²) in [6.45, 7) is 0. The zero-order valence-electron chi connectivity index (χ0n) is 13.2. The fourth-order valence-electron chi connectivity index (χ4n) is 2.78. The van der Waals surface area contributed by atoms with Crippen molar-refractivity contribution in [2.24, 2.45) is 0 Å². The van der Waals surface area contributed by atoms with Gasteiger partial charge >= 0.3 is 23.5 Å². The Labute approximate surface area is 162 Å². The second-order valence-electron chi connectivity index (χ2n) is 5.64. The van der Waals surface area contributed by atoms with Crippen LogP contribution >= 0.6 is 23.2 Å². The number of carboxylic acid groups (broad SMARTS) is 1. The van der Waals surface area contributed by atoms with Gasteiger partial charge in [-0.2, -0.15) is 0 Å². The maximum Gasteiger partial charge on any atom is 0.482 e. The third kappa shape index (κ3) is 3.49. The molecule has 3 aromatic rings. The number of rotatable bonds is 5. The molecule has 132 valence electrons. The van der Waals surface area contributed by atoms with Crippen LogP contribution in [0.1, 0.15) is 21.5 Å². The number of fused-ring (bicyclic) bond motifs is 1. The van der Waals surface area contributed by atoms with Crippen LogP contribution in [0.3, 0.4) is 0 Å². The number of aromatic nitrogens is 1. The molecule has 0 fully saturated rings. The van der Waals surface area contributed by atoms with Gasteiger partial charge in [0.2, 0.25) is 5.43 Å². The number of nitrogens with zero attached hydrogens (tertiary/aromatic N) is 1. The highest BCUT2D eigenvalue weighted by Gasteiger charge is 2.17. The lowest BCUT2D eigenvalue weighted by Crippen LogP contribution is -2.19. The molecule has 0 aliphatic heterocycles. The number of aromatic carboxylic acids is 1. The van der Waals surface area contributed by atoms with Crippen molar-refractivity contribution in [1.82, 2.24) is 4.57 Å². The normalized spacial score (nSPS) is 10.8. The van der Waals surface area contributed by atoms with Gasteiger partial charge in [-0.3, -0.25) is 9.36 Å². The van der Waals surface area contributed by atoms with Gasteiger partial charge in [-0.15, -0.1) is 0 Å². The Morgan fingerprint density at radius 2 is 1.96 bits per heavy atom. The number of hydrogen-bond acceptors (Lipinski definition) is 3. The molecule has 8 heteroatoms. The van der Waals surface area contributed by atoms with Crippen LogP contribution < -0.4 is 5.43 Å². The Balaban J connectivity index is 2.17. The maximum atomic E-state index is 12.5. The van der Waals surface area contributed by atoms with Gasteiger partial charge < -0.3 is 5.11 Å². The van der Waals surface area contributed by atoms with Gasteiger partial charge in [0, 0.05) is 15.8 Å². The minimum absolute atomic E-state index is 0.00344. The highest BCUT2D eigenvalue weighted by Crippen LogP contribution is 2.28. The van der Waals surface area contributed by atoms with Crippen molar-refractivity contribution in [3.63, 3.8) is 0 Å². The highest BCUT2D eigenvalue weighted by molar-refractivity contribution is 7.64. The van der Waals surface area contributed by atoms with Crippen LogP contribution in [0.5, 0.6) is 0 Å². The predicted octanol–water partition coefficient (Wildman–Crippen LogP) is 3.98. The van der Waals surface area contributed by atoms with E-state index in [4.69, 9.17) is 23.2 Å². The number of carbonyl (C=O) groups is 1. The van der Waals surface area contributed by atoms with E-state index in [2.05, 4.69) is 0 Å². The number of carboxylic acids is 1. The summed E-state index contributed by atoms with van der Waals surface area (Å²) < 4.78 is 12.4. The monoisotopic (exact) mass is 408 g/mol. The van der Waals surface area contributed by atoms with E-state index >= 15 is 0 Å². The summed E-state index contributed by atoms with van der Waals surface area (Å²) in [6, 6.07) is 10.4. The molecule has 5 nitrogen and oxygen atoms in total. The summed E-state index contributed by atoms with van der Waals surface area (Å²) in [5, 5.41) is 10.4. The first kappa shape index (κ1) is 18.5. The van der Waals surface area contributed by atoms with E-state index in [0.29, 0.717) is 33.6 Å². The second kappa shape index (κ2) is 7.53. The topological polar surface area (TPSA) is 76.4 Å². The first-order valence-electron chi connectivity index (χ1n) is 7.49. The zero-order chi connectivity index (χ0) is 18.8. The number of halogens is 2. The largest absolute Gasteiger partial charge is 0.482 e. The molecule has 1 aromatic heterocycles. The van der Waals surface area contributed by atoms with Crippen LogP contribution in [-0.2, 0) is 28.2 Å². The van der Waals surface area contributed by atoms with Gasteiger partial charge in [0.1, 0.15) is 5.56 Å². The molecule has 0 bridgehead atoms.